The molecule has 0 spiro atoms. The van der Waals surface area contributed by atoms with Crippen molar-refractivity contribution in [3.8, 4) is 0 Å². The van der Waals surface area contributed by atoms with Crippen molar-refractivity contribution in [2.45, 2.75) is 32.2 Å². The highest BCUT2D eigenvalue weighted by atomic mass is 16.2. The molecule has 4 nitrogen and oxygen atoms in total. The molecule has 4 heteroatoms. The third kappa shape index (κ3) is 2.58. The van der Waals surface area contributed by atoms with Gasteiger partial charge in [-0.15, -0.1) is 0 Å². The van der Waals surface area contributed by atoms with Crippen LogP contribution in [0.2, 0.25) is 0 Å². The molecule has 1 unspecified atom stereocenters. The van der Waals surface area contributed by atoms with Gasteiger partial charge in [0.05, 0.1) is 6.42 Å². The van der Waals surface area contributed by atoms with Crippen molar-refractivity contribution >= 4 is 17.3 Å². The molecule has 1 aromatic rings. The van der Waals surface area contributed by atoms with Gasteiger partial charge in [0.2, 0.25) is 5.91 Å². The number of carbonyl (C=O) groups excluding carboxylic acids is 1. The van der Waals surface area contributed by atoms with Crippen LogP contribution in [0.15, 0.2) is 18.2 Å². The number of fused-ring (bicyclic) bond motifs is 1. The zero-order valence-corrected chi connectivity index (χ0v) is 10.1. The Bertz CT molecular complexity index is 429. The fourth-order valence-corrected chi connectivity index (χ4v) is 2.22. The molecule has 4 N–H and O–H groups in total. The largest absolute Gasteiger partial charge is 0.399 e. The van der Waals surface area contributed by atoms with E-state index in [-0.39, 0.29) is 11.9 Å². The summed E-state index contributed by atoms with van der Waals surface area (Å²) < 4.78 is 0. The van der Waals surface area contributed by atoms with Gasteiger partial charge in [0.15, 0.2) is 0 Å². The Labute approximate surface area is 102 Å². The molecule has 0 saturated carbocycles. The Morgan fingerprint density at radius 3 is 2.94 bits per heavy atom. The molecule has 1 heterocycles. The third-order valence-corrected chi connectivity index (χ3v) is 3.08. The first-order chi connectivity index (χ1) is 8.08. The van der Waals surface area contributed by atoms with Crippen LogP contribution in [0.25, 0.3) is 0 Å². The molecule has 17 heavy (non-hydrogen) atoms. The number of nitrogens with zero attached hydrogens (tertiary/aromatic N) is 1. The molecule has 1 atom stereocenters. The summed E-state index contributed by atoms with van der Waals surface area (Å²) in [6, 6.07) is 5.86. The number of nitrogen functional groups attached to an aromatic ring is 1. The molecule has 1 aliphatic rings. The van der Waals surface area contributed by atoms with E-state index in [1.54, 1.807) is 0 Å². The summed E-state index contributed by atoms with van der Waals surface area (Å²) in [5.74, 6) is 0.162. The van der Waals surface area contributed by atoms with Gasteiger partial charge in [0, 0.05) is 24.0 Å². The lowest BCUT2D eigenvalue weighted by molar-refractivity contribution is -0.117. The number of nitrogens with two attached hydrogens (primary N) is 2. The maximum Gasteiger partial charge on any atom is 0.231 e. The number of hydrogen-bond donors (Lipinski definition) is 2. The molecule has 1 aromatic carbocycles. The second-order valence-corrected chi connectivity index (χ2v) is 4.73. The van der Waals surface area contributed by atoms with Crippen LogP contribution < -0.4 is 16.4 Å². The summed E-state index contributed by atoms with van der Waals surface area (Å²) in [7, 11) is 0. The third-order valence-electron chi connectivity index (χ3n) is 3.08. The average molecular weight is 233 g/mol. The van der Waals surface area contributed by atoms with E-state index in [4.69, 9.17) is 11.5 Å². The lowest BCUT2D eigenvalue weighted by Crippen LogP contribution is -2.29. The van der Waals surface area contributed by atoms with Crippen molar-refractivity contribution in [2.75, 3.05) is 17.2 Å². The summed E-state index contributed by atoms with van der Waals surface area (Å²) in [6.07, 6.45) is 2.35. The van der Waals surface area contributed by atoms with E-state index in [0.29, 0.717) is 12.1 Å². The predicted molar refractivity (Wildman–Crippen MR) is 69.8 cm³/mol. The zero-order chi connectivity index (χ0) is 12.4. The van der Waals surface area contributed by atoms with E-state index in [2.05, 4.69) is 0 Å². The van der Waals surface area contributed by atoms with Crippen LogP contribution in [0.1, 0.15) is 25.3 Å². The summed E-state index contributed by atoms with van der Waals surface area (Å²) >= 11 is 0. The summed E-state index contributed by atoms with van der Waals surface area (Å²) in [5.41, 5.74) is 14.2. The fraction of sp³-hybridized carbons (Fsp3) is 0.462. The topological polar surface area (TPSA) is 72.3 Å². The summed E-state index contributed by atoms with van der Waals surface area (Å²) in [5, 5.41) is 0. The van der Waals surface area contributed by atoms with Gasteiger partial charge < -0.3 is 16.4 Å². The minimum absolute atomic E-state index is 0.162. The molecule has 1 amide bonds. The molecule has 0 saturated heterocycles. The summed E-state index contributed by atoms with van der Waals surface area (Å²) in [6.45, 7) is 2.73. The monoisotopic (exact) mass is 233 g/mol. The van der Waals surface area contributed by atoms with Gasteiger partial charge in [-0.2, -0.15) is 0 Å². The van der Waals surface area contributed by atoms with Crippen LogP contribution in [0.4, 0.5) is 11.4 Å². The minimum Gasteiger partial charge on any atom is -0.399 e. The van der Waals surface area contributed by atoms with Crippen LogP contribution in [0.5, 0.6) is 0 Å². The molecular weight excluding hydrogens is 214 g/mol. The number of hydrogen-bond acceptors (Lipinski definition) is 3. The first-order valence-corrected chi connectivity index (χ1v) is 6.02. The van der Waals surface area contributed by atoms with Crippen molar-refractivity contribution in [3.05, 3.63) is 23.8 Å². The van der Waals surface area contributed by atoms with Crippen LogP contribution in [-0.2, 0) is 11.2 Å². The second-order valence-electron chi connectivity index (χ2n) is 4.73. The van der Waals surface area contributed by atoms with E-state index >= 15 is 0 Å². The van der Waals surface area contributed by atoms with Gasteiger partial charge in [0.1, 0.15) is 0 Å². The normalized spacial score (nSPS) is 16.1. The fourth-order valence-electron chi connectivity index (χ4n) is 2.22. The van der Waals surface area contributed by atoms with Crippen LogP contribution >= 0.6 is 0 Å². The SMILES string of the molecule is CC(N)CCCN1C(=O)Cc2cc(N)ccc21. The quantitative estimate of drug-likeness (QED) is 0.770. The minimum atomic E-state index is 0.162. The lowest BCUT2D eigenvalue weighted by atomic mass is 10.1. The number of benzene rings is 1. The van der Waals surface area contributed by atoms with Crippen molar-refractivity contribution in [2.24, 2.45) is 5.73 Å². The molecule has 0 aliphatic carbocycles. The van der Waals surface area contributed by atoms with Crippen LogP contribution in [0.3, 0.4) is 0 Å². The molecule has 2 rings (SSSR count). The summed E-state index contributed by atoms with van der Waals surface area (Å²) in [4.78, 5) is 13.7. The average Bonchev–Trinajstić information content (AvgIpc) is 2.54. The van der Waals surface area contributed by atoms with Gasteiger partial charge in [0.25, 0.3) is 0 Å². The van der Waals surface area contributed by atoms with Gasteiger partial charge in [-0.05, 0) is 43.5 Å². The van der Waals surface area contributed by atoms with Crippen molar-refractivity contribution < 1.29 is 4.79 Å². The molecule has 1 aliphatic heterocycles. The van der Waals surface area contributed by atoms with Crippen molar-refractivity contribution in [3.63, 3.8) is 0 Å². The predicted octanol–water partition coefficient (Wildman–Crippen LogP) is 1.29. The zero-order valence-electron chi connectivity index (χ0n) is 10.1. The van der Waals surface area contributed by atoms with E-state index in [1.165, 1.54) is 0 Å². The Morgan fingerprint density at radius 2 is 2.24 bits per heavy atom. The number of amides is 1. The number of rotatable bonds is 4. The maximum atomic E-state index is 11.9. The molecule has 0 bridgehead atoms. The molecule has 0 radical (unpaired) electrons. The molecule has 0 fully saturated rings. The maximum absolute atomic E-state index is 11.9. The lowest BCUT2D eigenvalue weighted by Gasteiger charge is -2.18. The molecule has 92 valence electrons. The van der Waals surface area contributed by atoms with Gasteiger partial charge in [-0.3, -0.25) is 4.79 Å². The van der Waals surface area contributed by atoms with E-state index in [9.17, 15) is 4.79 Å². The van der Waals surface area contributed by atoms with E-state index in [0.717, 1.165) is 30.6 Å². The van der Waals surface area contributed by atoms with E-state index in [1.807, 2.05) is 30.0 Å². The first kappa shape index (κ1) is 11.9. The number of anilines is 2. The smallest absolute Gasteiger partial charge is 0.231 e. The highest BCUT2D eigenvalue weighted by Gasteiger charge is 2.26. The van der Waals surface area contributed by atoms with Crippen LogP contribution in [0, 0.1) is 0 Å². The Balaban J connectivity index is 2.07. The van der Waals surface area contributed by atoms with Gasteiger partial charge in [-0.25, -0.2) is 0 Å². The van der Waals surface area contributed by atoms with Crippen molar-refractivity contribution in [1.82, 2.24) is 0 Å². The standard InChI is InChI=1S/C13H19N3O/c1-9(14)3-2-6-16-12-5-4-11(15)7-10(12)8-13(16)17/h4-5,7,9H,2-3,6,8,14-15H2,1H3. The van der Waals surface area contributed by atoms with Crippen LogP contribution in [-0.4, -0.2) is 18.5 Å². The first-order valence-electron chi connectivity index (χ1n) is 6.02. The Morgan fingerprint density at radius 1 is 1.47 bits per heavy atom. The van der Waals surface area contributed by atoms with Gasteiger partial charge in [-0.1, -0.05) is 0 Å². The Hall–Kier alpha value is -1.55. The number of carbonyl (C=O) groups is 1. The second kappa shape index (κ2) is 4.75. The van der Waals surface area contributed by atoms with E-state index < -0.39 is 0 Å². The molecule has 0 aromatic heterocycles. The molecular formula is C13H19N3O. The highest BCUT2D eigenvalue weighted by Crippen LogP contribution is 2.30. The Kier molecular flexibility index (Phi) is 3.33. The van der Waals surface area contributed by atoms with Gasteiger partial charge >= 0.3 is 0 Å². The highest BCUT2D eigenvalue weighted by molar-refractivity contribution is 6.01. The van der Waals surface area contributed by atoms with Crippen molar-refractivity contribution in [1.29, 1.82) is 0 Å².